The number of hydrogen-bond donors (Lipinski definition) is 5. The van der Waals surface area contributed by atoms with Gasteiger partial charge in [-0.2, -0.15) is 0 Å². The second kappa shape index (κ2) is 13.7. The van der Waals surface area contributed by atoms with Crippen LogP contribution < -0.4 is 4.74 Å². The van der Waals surface area contributed by atoms with Gasteiger partial charge < -0.3 is 68.3 Å². The summed E-state index contributed by atoms with van der Waals surface area (Å²) in [6.45, 7) is 6.40. The molecule has 0 saturated carbocycles. The number of aliphatic hydroxyl groups excluding tert-OH is 2. The monoisotopic (exact) mass is 787 g/mol. The molecule has 2 fully saturated rings. The summed E-state index contributed by atoms with van der Waals surface area (Å²) in [5.41, 5.74) is -6.55. The number of ketones is 2. The summed E-state index contributed by atoms with van der Waals surface area (Å²) < 4.78 is 47.4. The Morgan fingerprint density at radius 2 is 1.61 bits per heavy atom. The number of ether oxygens (including phenoxy) is 8. The van der Waals surface area contributed by atoms with E-state index in [1.54, 1.807) is 32.8 Å². The molecule has 56 heavy (non-hydrogen) atoms. The first-order valence-electron chi connectivity index (χ1n) is 18.2. The zero-order valence-electron chi connectivity index (χ0n) is 32.8. The van der Waals surface area contributed by atoms with Crippen molar-refractivity contribution < 1.29 is 77.8 Å². The second-order valence-electron chi connectivity index (χ2n) is 16.0. The van der Waals surface area contributed by atoms with Gasteiger partial charge in [0.15, 0.2) is 12.1 Å². The fourth-order valence-electron chi connectivity index (χ4n) is 9.68. The van der Waals surface area contributed by atoms with Gasteiger partial charge in [-0.1, -0.05) is 0 Å². The Kier molecular flexibility index (Phi) is 9.88. The fraction of sp³-hybridized carbons (Fsp3) is 0.615. The van der Waals surface area contributed by atoms with Crippen molar-refractivity contribution in [3.8, 4) is 17.2 Å². The number of nitrogens with zero attached hydrogens (tertiary/aromatic N) is 1. The molecule has 306 valence electrons. The van der Waals surface area contributed by atoms with Crippen molar-refractivity contribution in [1.82, 2.24) is 4.90 Å². The van der Waals surface area contributed by atoms with Crippen LogP contribution in [-0.2, 0) is 43.6 Å². The quantitative estimate of drug-likeness (QED) is 0.212. The Labute approximate surface area is 322 Å². The standard InChI is InChI=1S/C39H49NO16/c1-14-32(49-7)39(4,52-10)33(50-8)36(53-14)54-19-13-37(2,48)24(34(47)51-9)15-11-16-21(27(43)20(15)19)28(44)22-18(41)12-17-30(23(22)26(16)42)55-35-29(45)25(40(5)6)31(46)38(17,3)56-35/h11-12,14,19,24-25,29,31-33,35-36,41,43,45-46,48H,13H2,1-10H3/t14-,19-,24+,25+,29-,31-,32+,33-,35+,36+,37+,38-,39+/m1/s1. The van der Waals surface area contributed by atoms with Crippen LogP contribution in [0.1, 0.15) is 94.7 Å². The number of phenolic OH excluding ortho intramolecular Hbond substituents is 2. The largest absolute Gasteiger partial charge is 0.507 e. The lowest BCUT2D eigenvalue weighted by Crippen LogP contribution is -2.68. The number of fused-ring (bicyclic) bond motifs is 8. The Morgan fingerprint density at radius 3 is 2.20 bits per heavy atom. The van der Waals surface area contributed by atoms with Gasteiger partial charge in [0, 0.05) is 44.4 Å². The lowest BCUT2D eigenvalue weighted by atomic mass is 9.68. The number of aliphatic hydroxyl groups is 3. The summed E-state index contributed by atoms with van der Waals surface area (Å²) in [6, 6.07) is 1.50. The maximum Gasteiger partial charge on any atom is 0.316 e. The van der Waals surface area contributed by atoms with Crippen LogP contribution in [0.3, 0.4) is 0 Å². The van der Waals surface area contributed by atoms with Crippen LogP contribution in [0.15, 0.2) is 12.1 Å². The van der Waals surface area contributed by atoms with Gasteiger partial charge in [-0.25, -0.2) is 0 Å². The van der Waals surface area contributed by atoms with Gasteiger partial charge in [0.1, 0.15) is 58.8 Å². The SMILES string of the molecule is COC(=O)[C@@H]1c2cc3c(c(O)c2[C@H](O[C@@H]2O[C@H](C)[C@H](OC)[C@](C)(OC)[C@@H]2OC)C[C@]1(C)O)C(=O)c1c(O)cc2c(c1C3=O)O[C@H]1O[C@@]2(C)[C@H](O)[C@@H](N(C)C)[C@H]1O. The number of rotatable bonds is 7. The van der Waals surface area contributed by atoms with Gasteiger partial charge in [-0.3, -0.25) is 14.4 Å². The summed E-state index contributed by atoms with van der Waals surface area (Å²) in [5, 5.41) is 58.3. The molecule has 2 aromatic rings. The number of esters is 1. The van der Waals surface area contributed by atoms with E-state index in [0.29, 0.717) is 0 Å². The van der Waals surface area contributed by atoms with E-state index in [4.69, 9.17) is 37.9 Å². The topological polar surface area (TPSA) is 229 Å². The van der Waals surface area contributed by atoms with Crippen molar-refractivity contribution in [2.24, 2.45) is 0 Å². The molecule has 2 saturated heterocycles. The average molecular weight is 788 g/mol. The van der Waals surface area contributed by atoms with Crippen LogP contribution >= 0.6 is 0 Å². The van der Waals surface area contributed by atoms with Crippen molar-refractivity contribution in [3.63, 3.8) is 0 Å². The lowest BCUT2D eigenvalue weighted by Gasteiger charge is -2.53. The first-order chi connectivity index (χ1) is 26.2. The number of phenols is 2. The molecule has 17 heteroatoms. The minimum absolute atomic E-state index is 0.0417. The third kappa shape index (κ3) is 5.47. The molecule has 2 bridgehead atoms. The van der Waals surface area contributed by atoms with E-state index in [2.05, 4.69) is 0 Å². The molecule has 0 unspecified atom stereocenters. The first kappa shape index (κ1) is 40.4. The second-order valence-corrected chi connectivity index (χ2v) is 16.0. The molecule has 2 aliphatic carbocycles. The van der Waals surface area contributed by atoms with Gasteiger partial charge in [0.25, 0.3) is 0 Å². The van der Waals surface area contributed by atoms with Gasteiger partial charge >= 0.3 is 5.97 Å². The summed E-state index contributed by atoms with van der Waals surface area (Å²) in [4.78, 5) is 44.4. The van der Waals surface area contributed by atoms with E-state index >= 15 is 0 Å². The van der Waals surface area contributed by atoms with Gasteiger partial charge in [0.2, 0.25) is 12.1 Å². The highest BCUT2D eigenvalue weighted by atomic mass is 16.7. The molecule has 5 N–H and O–H groups in total. The predicted octanol–water partition coefficient (Wildman–Crippen LogP) is 1.14. The van der Waals surface area contributed by atoms with Crippen LogP contribution in [0, 0.1) is 0 Å². The van der Waals surface area contributed by atoms with E-state index in [1.165, 1.54) is 41.2 Å². The summed E-state index contributed by atoms with van der Waals surface area (Å²) in [6.07, 6.45) is -9.16. The zero-order chi connectivity index (χ0) is 41.1. The Bertz CT molecular complexity index is 1980. The summed E-state index contributed by atoms with van der Waals surface area (Å²) in [5.74, 6) is -5.85. The predicted molar refractivity (Wildman–Crippen MR) is 191 cm³/mol. The third-order valence-corrected chi connectivity index (χ3v) is 12.5. The number of likely N-dealkylation sites (N-methyl/N-ethyl adjacent to an activating group) is 1. The van der Waals surface area contributed by atoms with E-state index < -0.39 is 124 Å². The van der Waals surface area contributed by atoms with Crippen molar-refractivity contribution in [2.75, 3.05) is 42.5 Å². The number of hydrogen-bond acceptors (Lipinski definition) is 17. The number of aromatic hydroxyl groups is 2. The minimum Gasteiger partial charge on any atom is -0.507 e. The van der Waals surface area contributed by atoms with Crippen molar-refractivity contribution >= 4 is 17.5 Å². The number of methoxy groups -OCH3 is 4. The normalized spacial score (nSPS) is 38.6. The molecule has 0 amide bonds. The highest BCUT2D eigenvalue weighted by molar-refractivity contribution is 6.31. The molecule has 3 heterocycles. The molecular weight excluding hydrogens is 738 g/mol. The molecule has 5 aliphatic rings. The van der Waals surface area contributed by atoms with Gasteiger partial charge in [0.05, 0.1) is 47.7 Å². The molecular formula is C39H49NO16. The fourth-order valence-corrected chi connectivity index (χ4v) is 9.68. The van der Waals surface area contributed by atoms with E-state index in [1.807, 2.05) is 0 Å². The number of carbonyl (C=O) groups excluding carboxylic acids is 3. The van der Waals surface area contributed by atoms with Gasteiger partial charge in [-0.15, -0.1) is 0 Å². The molecule has 17 nitrogen and oxygen atoms in total. The van der Waals surface area contributed by atoms with Crippen molar-refractivity contribution in [2.45, 2.75) is 112 Å². The molecule has 3 aliphatic heterocycles. The highest BCUT2D eigenvalue weighted by Gasteiger charge is 2.60. The van der Waals surface area contributed by atoms with Crippen LogP contribution in [0.5, 0.6) is 17.2 Å². The molecule has 7 rings (SSSR count). The highest BCUT2D eigenvalue weighted by Crippen LogP contribution is 2.56. The van der Waals surface area contributed by atoms with Crippen molar-refractivity contribution in [3.05, 3.63) is 51.1 Å². The minimum atomic E-state index is -1.91. The average Bonchev–Trinajstić information content (AvgIpc) is 3.12. The van der Waals surface area contributed by atoms with Gasteiger partial charge in [-0.05, 0) is 59.5 Å². The van der Waals surface area contributed by atoms with E-state index in [9.17, 15) is 39.9 Å². The maximum absolute atomic E-state index is 14.8. The zero-order valence-corrected chi connectivity index (χ0v) is 32.8. The van der Waals surface area contributed by atoms with E-state index in [0.717, 1.165) is 13.2 Å². The number of benzene rings is 2. The molecule has 0 spiro atoms. The molecule has 0 aromatic heterocycles. The van der Waals surface area contributed by atoms with Crippen LogP contribution in [0.4, 0.5) is 0 Å². The van der Waals surface area contributed by atoms with Crippen LogP contribution in [0.25, 0.3) is 0 Å². The molecule has 2 aromatic carbocycles. The number of carbonyl (C=O) groups is 3. The maximum atomic E-state index is 14.8. The Morgan fingerprint density at radius 1 is 0.946 bits per heavy atom. The van der Waals surface area contributed by atoms with E-state index in [-0.39, 0.29) is 34.4 Å². The first-order valence-corrected chi connectivity index (χ1v) is 18.2. The summed E-state index contributed by atoms with van der Waals surface area (Å²) in [7, 11) is 8.84. The molecule has 0 radical (unpaired) electrons. The van der Waals surface area contributed by atoms with Crippen LogP contribution in [-0.4, -0.2) is 151 Å². The third-order valence-electron chi connectivity index (χ3n) is 12.5. The molecule has 13 atom stereocenters. The Hall–Kier alpha value is -3.75. The van der Waals surface area contributed by atoms with Crippen molar-refractivity contribution in [1.29, 1.82) is 0 Å². The summed E-state index contributed by atoms with van der Waals surface area (Å²) >= 11 is 0. The van der Waals surface area contributed by atoms with Crippen LogP contribution in [0.2, 0.25) is 0 Å². The smallest absolute Gasteiger partial charge is 0.316 e. The lowest BCUT2D eigenvalue weighted by molar-refractivity contribution is -0.345. The Balaban J connectivity index is 1.40.